The Morgan fingerprint density at radius 1 is 0.151 bits per heavy atom. The molecule has 0 nitrogen and oxygen atoms in total. The molecule has 0 N–H and O–H groups in total. The Hall–Kier alpha value is -8.58. The minimum absolute atomic E-state index is 0.0404. The molecule has 0 fully saturated rings. The van der Waals surface area contributed by atoms with E-state index >= 15 is 0 Å². The van der Waals surface area contributed by atoms with Crippen LogP contribution in [0.25, 0.3) is 0 Å². The van der Waals surface area contributed by atoms with Crippen LogP contribution in [0.1, 0.15) is 298 Å². The van der Waals surface area contributed by atoms with Crippen LogP contribution in [0.15, 0.2) is 328 Å². The van der Waals surface area contributed by atoms with Crippen LogP contribution in [0.3, 0.4) is 0 Å². The first-order valence-electron chi connectivity index (χ1n) is 40.7. The summed E-state index contributed by atoms with van der Waals surface area (Å²) in [6.45, 7) is 29.5. The second-order valence-corrected chi connectivity index (χ2v) is 36.5. The molecule has 0 bridgehead atoms. The van der Waals surface area contributed by atoms with Crippen LogP contribution >= 0.6 is 0 Å². The Balaban J connectivity index is 1.06. The zero-order valence-electron chi connectivity index (χ0n) is 66.6. The molecule has 0 aliphatic heterocycles. The van der Waals surface area contributed by atoms with Crippen molar-refractivity contribution in [3.8, 4) is 0 Å². The van der Waals surface area contributed by atoms with Crippen molar-refractivity contribution in [1.29, 1.82) is 0 Å². The summed E-state index contributed by atoms with van der Waals surface area (Å²) in [6, 6.07) is 127. The zero-order chi connectivity index (χ0) is 74.5. The molecule has 12 atom stereocenters. The monoisotopic (exact) mass is 1400 g/mol. The summed E-state index contributed by atoms with van der Waals surface area (Å²) in [5, 5.41) is 0. The summed E-state index contributed by atoms with van der Waals surface area (Å²) in [7, 11) is 0. The second kappa shape index (κ2) is 37.3. The van der Waals surface area contributed by atoms with E-state index in [0.717, 1.165) is 77.0 Å². The molecular weight excluding hydrogens is 1270 g/mol. The first kappa shape index (κ1) is 78.5. The van der Waals surface area contributed by atoms with E-state index in [1.54, 1.807) is 0 Å². The van der Waals surface area contributed by atoms with Gasteiger partial charge in [0.15, 0.2) is 0 Å². The van der Waals surface area contributed by atoms with E-state index < -0.39 is 0 Å². The molecule has 0 heteroatoms. The van der Waals surface area contributed by atoms with E-state index in [0.29, 0.717) is 59.2 Å². The summed E-state index contributed by atoms with van der Waals surface area (Å²) in [5.41, 5.74) is 17.9. The normalized spacial score (nSPS) is 15.7. The van der Waals surface area contributed by atoms with E-state index in [1.807, 2.05) is 0 Å². The zero-order valence-corrected chi connectivity index (χ0v) is 66.6. The van der Waals surface area contributed by atoms with Crippen molar-refractivity contribution in [2.75, 3.05) is 0 Å². The van der Waals surface area contributed by atoms with Crippen LogP contribution < -0.4 is 0 Å². The highest BCUT2D eigenvalue weighted by atomic mass is 14.4. The molecule has 0 heterocycles. The van der Waals surface area contributed by atoms with E-state index in [1.165, 1.54) is 66.8 Å². The van der Waals surface area contributed by atoms with Crippen LogP contribution in [-0.2, 0) is 0 Å². The Bertz CT molecular complexity index is 3940. The van der Waals surface area contributed by atoms with Crippen molar-refractivity contribution in [1.82, 2.24) is 0 Å². The lowest BCUT2D eigenvalue weighted by molar-refractivity contribution is 0.277. The van der Waals surface area contributed by atoms with Crippen LogP contribution in [0.4, 0.5) is 0 Å². The van der Waals surface area contributed by atoms with E-state index in [-0.39, 0.29) is 33.5 Å². The van der Waals surface area contributed by atoms with Gasteiger partial charge in [0.25, 0.3) is 0 Å². The van der Waals surface area contributed by atoms with Gasteiger partial charge < -0.3 is 0 Å². The van der Waals surface area contributed by atoms with Gasteiger partial charge in [-0.25, -0.2) is 0 Å². The lowest BCUT2D eigenvalue weighted by atomic mass is 9.67. The average Bonchev–Trinajstić information content (AvgIpc) is 0.774. The number of hydrogen-bond acceptors (Lipinski definition) is 0. The van der Waals surface area contributed by atoms with Crippen molar-refractivity contribution in [2.24, 2.45) is 21.7 Å². The highest BCUT2D eigenvalue weighted by molar-refractivity contribution is 5.37. The van der Waals surface area contributed by atoms with Gasteiger partial charge in [0, 0.05) is 0 Å². The summed E-state index contributed by atoms with van der Waals surface area (Å²) in [4.78, 5) is 0. The molecule has 11 aromatic carbocycles. The second-order valence-electron chi connectivity index (χ2n) is 36.5. The molecule has 0 aliphatic carbocycles. The molecule has 12 unspecified atom stereocenters. The predicted octanol–water partition coefficient (Wildman–Crippen LogP) is 30.6. The molecule has 0 aliphatic rings. The van der Waals surface area contributed by atoms with Gasteiger partial charge >= 0.3 is 0 Å². The molecule has 0 radical (unpaired) electrons. The quantitative estimate of drug-likeness (QED) is 0.0377. The molecule has 0 amide bonds. The Kier molecular flexibility index (Phi) is 27.6. The smallest absolute Gasteiger partial charge is 0.0107 e. The SMILES string of the molecule is CC(C)(C)CC(CC(CC(CC(CC(CC(c1ccccc1)C(C)(C)C)c1ccccc1)c1ccc(C(CC(CC(CC(CC(C)(C)C)c2ccccc2)c2ccccc2)c2ccccc2)CC(CC(c2ccccc2)C(C)(C)C)c2ccccc2)cc1)c1ccccc1)c1ccccc1)c1ccccc1. The fourth-order valence-electron chi connectivity index (χ4n) is 18.6. The van der Waals surface area contributed by atoms with Crippen LogP contribution in [0.2, 0.25) is 0 Å². The topological polar surface area (TPSA) is 0 Å². The molecule has 0 saturated heterocycles. The van der Waals surface area contributed by atoms with Crippen molar-refractivity contribution in [3.05, 3.63) is 394 Å². The molecular formula is C106H126. The van der Waals surface area contributed by atoms with Gasteiger partial charge in [-0.2, -0.15) is 0 Å². The van der Waals surface area contributed by atoms with Gasteiger partial charge in [0.05, 0.1) is 0 Å². The Labute approximate surface area is 643 Å². The maximum absolute atomic E-state index is 2.65. The highest BCUT2D eigenvalue weighted by Crippen LogP contribution is 2.53. The van der Waals surface area contributed by atoms with Gasteiger partial charge in [-0.1, -0.05) is 411 Å². The number of hydrogen-bond donors (Lipinski definition) is 0. The standard InChI is InChI=1S/C106H126/c1-103(2,3)77-99(85-55-35-19-36-56-85)73-95(81-47-27-15-28-48-81)69-91(79-43-23-13-24-44-79)67-93(71-97(83-51-31-17-32-52-83)75-101(105(7,8)9)89-59-39-21-40-60-89)87-63-65-88(66-64-87)94(72-98(84-53-33-18-34-54-84)76-102(106(10,11)12)90-61-41-22-42-62-90)68-92(80-45-25-14-26-46-80)70-96(82-49-29-16-30-50-82)74-100(78-104(4,5)6)86-57-37-20-38-58-86/h13-66,91-102H,67-78H2,1-12H3. The third-order valence-electron chi connectivity index (χ3n) is 23.9. The number of rotatable bonds is 34. The average molecular weight is 1400 g/mol. The lowest BCUT2D eigenvalue weighted by Gasteiger charge is -2.37. The van der Waals surface area contributed by atoms with Gasteiger partial charge in [-0.05, 0) is 236 Å². The van der Waals surface area contributed by atoms with Crippen molar-refractivity contribution in [3.63, 3.8) is 0 Å². The number of benzene rings is 11. The first-order chi connectivity index (χ1) is 51.1. The molecule has 0 saturated carbocycles. The molecule has 106 heavy (non-hydrogen) atoms. The van der Waals surface area contributed by atoms with Crippen LogP contribution in [0.5, 0.6) is 0 Å². The largest absolute Gasteiger partial charge is 0.0622 e. The van der Waals surface area contributed by atoms with Crippen molar-refractivity contribution < 1.29 is 0 Å². The summed E-state index contributed by atoms with van der Waals surface area (Å²) >= 11 is 0. The van der Waals surface area contributed by atoms with E-state index in [9.17, 15) is 0 Å². The lowest BCUT2D eigenvalue weighted by Crippen LogP contribution is -2.23. The third kappa shape index (κ3) is 23.2. The minimum Gasteiger partial charge on any atom is -0.0622 e. The Morgan fingerprint density at radius 2 is 0.283 bits per heavy atom. The molecule has 0 spiro atoms. The minimum atomic E-state index is 0.0404. The first-order valence-corrected chi connectivity index (χ1v) is 40.7. The van der Waals surface area contributed by atoms with Crippen molar-refractivity contribution in [2.45, 2.75) is 231 Å². The highest BCUT2D eigenvalue weighted by Gasteiger charge is 2.37. The van der Waals surface area contributed by atoms with Crippen molar-refractivity contribution >= 4 is 0 Å². The molecule has 550 valence electrons. The predicted molar refractivity (Wildman–Crippen MR) is 457 cm³/mol. The van der Waals surface area contributed by atoms with Gasteiger partial charge in [0.1, 0.15) is 0 Å². The third-order valence-corrected chi connectivity index (χ3v) is 23.9. The maximum atomic E-state index is 2.65. The van der Waals surface area contributed by atoms with Gasteiger partial charge in [0.2, 0.25) is 0 Å². The maximum Gasteiger partial charge on any atom is -0.0107 e. The molecule has 11 rings (SSSR count). The molecule has 11 aromatic rings. The fourth-order valence-corrected chi connectivity index (χ4v) is 18.6. The fraction of sp³-hybridized carbons (Fsp3) is 0.377. The Morgan fingerprint density at radius 3 is 0.443 bits per heavy atom. The summed E-state index contributed by atoms with van der Waals surface area (Å²) in [6.07, 6.45) is 12.9. The van der Waals surface area contributed by atoms with Gasteiger partial charge in [-0.3, -0.25) is 0 Å². The van der Waals surface area contributed by atoms with E-state index in [2.05, 4.69) is 411 Å². The molecule has 0 aromatic heterocycles. The van der Waals surface area contributed by atoms with Crippen LogP contribution in [0, 0.1) is 21.7 Å². The van der Waals surface area contributed by atoms with Gasteiger partial charge in [-0.15, -0.1) is 0 Å². The van der Waals surface area contributed by atoms with E-state index in [4.69, 9.17) is 0 Å². The van der Waals surface area contributed by atoms with Crippen LogP contribution in [-0.4, -0.2) is 0 Å². The summed E-state index contributed by atoms with van der Waals surface area (Å²) < 4.78 is 0. The summed E-state index contributed by atoms with van der Waals surface area (Å²) in [5.74, 6) is 3.92.